The summed E-state index contributed by atoms with van der Waals surface area (Å²) in [4.78, 5) is 13.8. The summed E-state index contributed by atoms with van der Waals surface area (Å²) in [6, 6.07) is 8.40. The zero-order chi connectivity index (χ0) is 13.7. The molecule has 0 aliphatic carbocycles. The number of benzene rings is 1. The van der Waals surface area contributed by atoms with E-state index in [0.29, 0.717) is 12.5 Å². The van der Waals surface area contributed by atoms with Crippen molar-refractivity contribution in [2.45, 2.75) is 6.42 Å². The van der Waals surface area contributed by atoms with Gasteiger partial charge in [-0.3, -0.25) is 4.79 Å². The number of carbonyl (C=O) groups excluding carboxylic acids is 1. The standard InChI is InChI=1S/C14H20BrN3O/c1-16-9-14(19)17-8-11-6-7-18(10-11)13-4-2-12(15)3-5-13/h2-5,11,16H,6-10H2,1H3,(H,17,19). The highest BCUT2D eigenvalue weighted by molar-refractivity contribution is 9.10. The normalized spacial score (nSPS) is 18.6. The average Bonchev–Trinajstić information content (AvgIpc) is 2.86. The molecule has 1 unspecified atom stereocenters. The predicted octanol–water partition coefficient (Wildman–Crippen LogP) is 1.61. The molecule has 1 aliphatic rings. The van der Waals surface area contributed by atoms with Crippen molar-refractivity contribution in [3.8, 4) is 0 Å². The van der Waals surface area contributed by atoms with E-state index in [1.165, 1.54) is 5.69 Å². The Kier molecular flexibility index (Phi) is 5.22. The average molecular weight is 326 g/mol. The summed E-state index contributed by atoms with van der Waals surface area (Å²) in [6.07, 6.45) is 1.13. The molecule has 0 radical (unpaired) electrons. The molecule has 1 atom stereocenters. The van der Waals surface area contributed by atoms with Gasteiger partial charge >= 0.3 is 0 Å². The van der Waals surface area contributed by atoms with Crippen LogP contribution in [0.1, 0.15) is 6.42 Å². The number of halogens is 1. The van der Waals surface area contributed by atoms with Crippen LogP contribution in [0.5, 0.6) is 0 Å². The zero-order valence-electron chi connectivity index (χ0n) is 11.2. The van der Waals surface area contributed by atoms with Crippen LogP contribution in [0.3, 0.4) is 0 Å². The highest BCUT2D eigenvalue weighted by Gasteiger charge is 2.22. The van der Waals surface area contributed by atoms with Gasteiger partial charge in [0.2, 0.25) is 5.91 Å². The van der Waals surface area contributed by atoms with Crippen LogP contribution < -0.4 is 15.5 Å². The molecule has 0 bridgehead atoms. The maximum atomic E-state index is 11.4. The molecule has 0 aromatic heterocycles. The summed E-state index contributed by atoms with van der Waals surface area (Å²) in [5.41, 5.74) is 1.26. The Labute approximate surface area is 122 Å². The van der Waals surface area contributed by atoms with Gasteiger partial charge in [-0.2, -0.15) is 0 Å². The number of carbonyl (C=O) groups is 1. The largest absolute Gasteiger partial charge is 0.371 e. The molecule has 1 fully saturated rings. The van der Waals surface area contributed by atoms with Crippen molar-refractivity contribution in [2.75, 3.05) is 38.1 Å². The van der Waals surface area contributed by atoms with Crippen molar-refractivity contribution in [1.82, 2.24) is 10.6 Å². The number of hydrogen-bond donors (Lipinski definition) is 2. The van der Waals surface area contributed by atoms with Gasteiger partial charge in [-0.25, -0.2) is 0 Å². The summed E-state index contributed by atoms with van der Waals surface area (Å²) in [6.45, 7) is 3.24. The fourth-order valence-corrected chi connectivity index (χ4v) is 2.63. The van der Waals surface area contributed by atoms with Gasteiger partial charge in [-0.1, -0.05) is 15.9 Å². The third kappa shape index (κ3) is 4.21. The minimum atomic E-state index is 0.0737. The van der Waals surface area contributed by atoms with Crippen LogP contribution in [-0.4, -0.2) is 39.1 Å². The lowest BCUT2D eigenvalue weighted by Crippen LogP contribution is -2.36. The molecule has 1 aliphatic heterocycles. The van der Waals surface area contributed by atoms with Crippen molar-refractivity contribution >= 4 is 27.5 Å². The predicted molar refractivity (Wildman–Crippen MR) is 81.4 cm³/mol. The van der Waals surface area contributed by atoms with Crippen LogP contribution in [0.25, 0.3) is 0 Å². The second-order valence-corrected chi connectivity index (χ2v) is 5.83. The van der Waals surface area contributed by atoms with Gasteiger partial charge in [0.25, 0.3) is 0 Å². The summed E-state index contributed by atoms with van der Waals surface area (Å²) in [5.74, 6) is 0.619. The highest BCUT2D eigenvalue weighted by Crippen LogP contribution is 2.24. The molecule has 0 saturated carbocycles. The van der Waals surface area contributed by atoms with Gasteiger partial charge in [0.15, 0.2) is 0 Å². The van der Waals surface area contributed by atoms with Crippen LogP contribution in [0.4, 0.5) is 5.69 Å². The Balaban J connectivity index is 1.80. The quantitative estimate of drug-likeness (QED) is 0.864. The van der Waals surface area contributed by atoms with Crippen molar-refractivity contribution in [2.24, 2.45) is 5.92 Å². The van der Waals surface area contributed by atoms with E-state index in [0.717, 1.165) is 30.5 Å². The first-order chi connectivity index (χ1) is 9.19. The first-order valence-electron chi connectivity index (χ1n) is 6.61. The molecule has 2 rings (SSSR count). The van der Waals surface area contributed by atoms with E-state index in [9.17, 15) is 4.79 Å². The first kappa shape index (κ1) is 14.3. The summed E-state index contributed by atoms with van der Waals surface area (Å²) in [5, 5.41) is 5.83. The van der Waals surface area contributed by atoms with Gasteiger partial charge in [0.05, 0.1) is 6.54 Å². The molecule has 1 saturated heterocycles. The molecule has 1 aromatic carbocycles. The van der Waals surface area contributed by atoms with Crippen molar-refractivity contribution in [3.63, 3.8) is 0 Å². The van der Waals surface area contributed by atoms with Crippen molar-refractivity contribution in [1.29, 1.82) is 0 Å². The maximum Gasteiger partial charge on any atom is 0.233 e. The number of amides is 1. The molecule has 1 heterocycles. The second kappa shape index (κ2) is 6.91. The van der Waals surface area contributed by atoms with Gasteiger partial charge in [0, 0.05) is 29.8 Å². The van der Waals surface area contributed by atoms with Crippen LogP contribution in [0.15, 0.2) is 28.7 Å². The summed E-state index contributed by atoms with van der Waals surface area (Å²) < 4.78 is 1.10. The maximum absolute atomic E-state index is 11.4. The van der Waals surface area contributed by atoms with Gasteiger partial charge in [-0.15, -0.1) is 0 Å². The molecule has 19 heavy (non-hydrogen) atoms. The first-order valence-corrected chi connectivity index (χ1v) is 7.40. The third-order valence-corrected chi connectivity index (χ3v) is 3.93. The van der Waals surface area contributed by atoms with E-state index in [4.69, 9.17) is 0 Å². The molecule has 4 nitrogen and oxygen atoms in total. The Morgan fingerprint density at radius 2 is 2.16 bits per heavy atom. The highest BCUT2D eigenvalue weighted by atomic mass is 79.9. The molecule has 1 aromatic rings. The Morgan fingerprint density at radius 3 is 2.84 bits per heavy atom. The lowest BCUT2D eigenvalue weighted by Gasteiger charge is -2.19. The van der Waals surface area contributed by atoms with Crippen molar-refractivity contribution in [3.05, 3.63) is 28.7 Å². The van der Waals surface area contributed by atoms with E-state index in [1.54, 1.807) is 7.05 Å². The van der Waals surface area contributed by atoms with Crippen LogP contribution >= 0.6 is 15.9 Å². The lowest BCUT2D eigenvalue weighted by molar-refractivity contribution is -0.120. The van der Waals surface area contributed by atoms with E-state index in [2.05, 4.69) is 55.7 Å². The summed E-state index contributed by atoms with van der Waals surface area (Å²) in [7, 11) is 1.78. The fourth-order valence-electron chi connectivity index (χ4n) is 2.37. The molecule has 2 N–H and O–H groups in total. The van der Waals surface area contributed by atoms with Crippen LogP contribution in [-0.2, 0) is 4.79 Å². The number of anilines is 1. The monoisotopic (exact) mass is 325 g/mol. The number of hydrogen-bond acceptors (Lipinski definition) is 3. The topological polar surface area (TPSA) is 44.4 Å². The molecular formula is C14H20BrN3O. The van der Waals surface area contributed by atoms with E-state index in [-0.39, 0.29) is 5.91 Å². The lowest BCUT2D eigenvalue weighted by atomic mass is 10.1. The molecule has 0 spiro atoms. The Morgan fingerprint density at radius 1 is 1.42 bits per heavy atom. The second-order valence-electron chi connectivity index (χ2n) is 4.91. The molecule has 1 amide bonds. The Bertz CT molecular complexity index is 421. The molecule has 104 valence electrons. The SMILES string of the molecule is CNCC(=O)NCC1CCN(c2ccc(Br)cc2)C1. The van der Waals surface area contributed by atoms with E-state index >= 15 is 0 Å². The van der Waals surface area contributed by atoms with Gasteiger partial charge < -0.3 is 15.5 Å². The van der Waals surface area contributed by atoms with Crippen LogP contribution in [0, 0.1) is 5.92 Å². The number of nitrogens with zero attached hydrogens (tertiary/aromatic N) is 1. The molecule has 5 heteroatoms. The van der Waals surface area contributed by atoms with E-state index in [1.807, 2.05) is 0 Å². The fraction of sp³-hybridized carbons (Fsp3) is 0.500. The third-order valence-electron chi connectivity index (χ3n) is 3.40. The number of rotatable bonds is 5. The van der Waals surface area contributed by atoms with Crippen molar-refractivity contribution < 1.29 is 4.79 Å². The van der Waals surface area contributed by atoms with Crippen LogP contribution in [0.2, 0.25) is 0 Å². The van der Waals surface area contributed by atoms with E-state index < -0.39 is 0 Å². The van der Waals surface area contributed by atoms with Gasteiger partial charge in [0.1, 0.15) is 0 Å². The summed E-state index contributed by atoms with van der Waals surface area (Å²) >= 11 is 3.45. The minimum Gasteiger partial charge on any atom is -0.371 e. The molecular weight excluding hydrogens is 306 g/mol. The number of nitrogens with one attached hydrogen (secondary N) is 2. The minimum absolute atomic E-state index is 0.0737. The van der Waals surface area contributed by atoms with Gasteiger partial charge in [-0.05, 0) is 43.7 Å². The Hall–Kier alpha value is -1.07. The zero-order valence-corrected chi connectivity index (χ0v) is 12.7. The smallest absolute Gasteiger partial charge is 0.233 e. The number of likely N-dealkylation sites (N-methyl/N-ethyl adjacent to an activating group) is 1.